The van der Waals surface area contributed by atoms with E-state index in [0.29, 0.717) is 0 Å². The highest BCUT2D eigenvalue weighted by atomic mass is 14.9. The fourth-order valence-corrected chi connectivity index (χ4v) is 5.42. The van der Waals surface area contributed by atoms with Crippen molar-refractivity contribution in [3.05, 3.63) is 66.1 Å². The highest BCUT2D eigenvalue weighted by molar-refractivity contribution is 6.09. The van der Waals surface area contributed by atoms with Gasteiger partial charge >= 0.3 is 0 Å². The molecular formula is C27H29N3. The number of pyridine rings is 1. The van der Waals surface area contributed by atoms with Crippen molar-refractivity contribution < 1.29 is 0 Å². The predicted molar refractivity (Wildman–Crippen MR) is 125 cm³/mol. The molecule has 0 saturated carbocycles. The maximum absolute atomic E-state index is 5.24. The molecule has 152 valence electrons. The monoisotopic (exact) mass is 395 g/mol. The molecule has 1 atom stereocenters. The Morgan fingerprint density at radius 1 is 0.833 bits per heavy atom. The van der Waals surface area contributed by atoms with E-state index in [2.05, 4.69) is 89.1 Å². The SMILES string of the molecule is CCC1(C)c2nc(-c3cccc4c3ccc3cccnc34)ncc2C(C)(C)C1(C)C. The van der Waals surface area contributed by atoms with Crippen molar-refractivity contribution in [3.63, 3.8) is 0 Å². The second kappa shape index (κ2) is 6.10. The number of rotatable bonds is 2. The Hall–Kier alpha value is -2.81. The molecule has 0 amide bonds. The third-order valence-corrected chi connectivity index (χ3v) is 8.50. The quantitative estimate of drug-likeness (QED) is 0.349. The van der Waals surface area contributed by atoms with Crippen molar-refractivity contribution in [1.29, 1.82) is 0 Å². The van der Waals surface area contributed by atoms with Gasteiger partial charge in [-0.05, 0) is 34.3 Å². The molecule has 0 N–H and O–H groups in total. The van der Waals surface area contributed by atoms with Crippen LogP contribution in [0, 0.1) is 5.41 Å². The number of aromatic nitrogens is 3. The summed E-state index contributed by atoms with van der Waals surface area (Å²) < 4.78 is 0. The third-order valence-electron chi connectivity index (χ3n) is 8.50. The number of benzene rings is 2. The van der Waals surface area contributed by atoms with Gasteiger partial charge in [-0.1, -0.05) is 77.9 Å². The molecule has 2 heterocycles. The zero-order valence-corrected chi connectivity index (χ0v) is 18.7. The van der Waals surface area contributed by atoms with Crippen LogP contribution in [0.3, 0.4) is 0 Å². The van der Waals surface area contributed by atoms with Gasteiger partial charge < -0.3 is 0 Å². The first kappa shape index (κ1) is 19.2. The average Bonchev–Trinajstić information content (AvgIpc) is 2.88. The molecule has 0 spiro atoms. The van der Waals surface area contributed by atoms with Crippen LogP contribution in [0.5, 0.6) is 0 Å². The van der Waals surface area contributed by atoms with Crippen molar-refractivity contribution in [1.82, 2.24) is 15.0 Å². The molecular weight excluding hydrogens is 366 g/mol. The lowest BCUT2D eigenvalue weighted by molar-refractivity contribution is 0.106. The van der Waals surface area contributed by atoms with E-state index in [9.17, 15) is 0 Å². The zero-order valence-electron chi connectivity index (χ0n) is 18.7. The van der Waals surface area contributed by atoms with E-state index in [-0.39, 0.29) is 16.2 Å². The van der Waals surface area contributed by atoms with Crippen LogP contribution in [0.4, 0.5) is 0 Å². The second-order valence-electron chi connectivity index (χ2n) is 9.93. The predicted octanol–water partition coefficient (Wildman–Crippen LogP) is 6.83. The highest BCUT2D eigenvalue weighted by Gasteiger charge is 2.59. The molecule has 30 heavy (non-hydrogen) atoms. The van der Waals surface area contributed by atoms with Crippen LogP contribution in [-0.2, 0) is 10.8 Å². The van der Waals surface area contributed by atoms with Crippen LogP contribution in [0.25, 0.3) is 33.1 Å². The van der Waals surface area contributed by atoms with Crippen LogP contribution in [0.1, 0.15) is 59.2 Å². The molecule has 0 radical (unpaired) electrons. The van der Waals surface area contributed by atoms with E-state index in [1.54, 1.807) is 0 Å². The number of hydrogen-bond acceptors (Lipinski definition) is 3. The minimum absolute atomic E-state index is 0.00234. The Kier molecular flexibility index (Phi) is 3.90. The van der Waals surface area contributed by atoms with Crippen LogP contribution in [0.2, 0.25) is 0 Å². The van der Waals surface area contributed by atoms with Gasteiger partial charge in [-0.2, -0.15) is 0 Å². The van der Waals surface area contributed by atoms with E-state index in [0.717, 1.165) is 39.5 Å². The Morgan fingerprint density at radius 3 is 2.40 bits per heavy atom. The van der Waals surface area contributed by atoms with Gasteiger partial charge in [0.05, 0.1) is 11.2 Å². The lowest BCUT2D eigenvalue weighted by Gasteiger charge is -2.45. The molecule has 1 unspecified atom stereocenters. The largest absolute Gasteiger partial charge is 0.256 e. The molecule has 0 fully saturated rings. The fraction of sp³-hybridized carbons (Fsp3) is 0.370. The average molecular weight is 396 g/mol. The smallest absolute Gasteiger partial charge is 0.160 e. The molecule has 3 heteroatoms. The lowest BCUT2D eigenvalue weighted by Crippen LogP contribution is -2.44. The summed E-state index contributed by atoms with van der Waals surface area (Å²) >= 11 is 0. The molecule has 0 saturated heterocycles. The first-order chi connectivity index (χ1) is 14.2. The molecule has 4 aromatic rings. The summed E-state index contributed by atoms with van der Waals surface area (Å²) in [5, 5.41) is 3.45. The summed E-state index contributed by atoms with van der Waals surface area (Å²) in [5.41, 5.74) is 4.70. The van der Waals surface area contributed by atoms with Crippen molar-refractivity contribution in [3.8, 4) is 11.4 Å². The van der Waals surface area contributed by atoms with Gasteiger partial charge in [-0.15, -0.1) is 0 Å². The van der Waals surface area contributed by atoms with E-state index >= 15 is 0 Å². The molecule has 2 aromatic heterocycles. The molecule has 1 aliphatic rings. The molecule has 2 aromatic carbocycles. The van der Waals surface area contributed by atoms with E-state index < -0.39 is 0 Å². The van der Waals surface area contributed by atoms with Crippen molar-refractivity contribution in [2.75, 3.05) is 0 Å². The van der Waals surface area contributed by atoms with E-state index in [4.69, 9.17) is 9.97 Å². The first-order valence-electron chi connectivity index (χ1n) is 10.9. The van der Waals surface area contributed by atoms with Crippen molar-refractivity contribution in [2.24, 2.45) is 5.41 Å². The van der Waals surface area contributed by atoms with Crippen LogP contribution < -0.4 is 0 Å². The summed E-state index contributed by atoms with van der Waals surface area (Å²) in [6.45, 7) is 14.1. The van der Waals surface area contributed by atoms with Gasteiger partial charge in [0.1, 0.15) is 0 Å². The van der Waals surface area contributed by atoms with Crippen molar-refractivity contribution >= 4 is 21.7 Å². The first-order valence-corrected chi connectivity index (χ1v) is 10.9. The van der Waals surface area contributed by atoms with Gasteiger partial charge in [0.2, 0.25) is 0 Å². The Balaban J connectivity index is 1.78. The molecule has 0 aliphatic heterocycles. The maximum atomic E-state index is 5.24. The Labute approximate surface area is 178 Å². The summed E-state index contributed by atoms with van der Waals surface area (Å²) in [7, 11) is 0. The number of nitrogens with zero attached hydrogens (tertiary/aromatic N) is 3. The molecule has 3 nitrogen and oxygen atoms in total. The molecule has 0 bridgehead atoms. The Bertz CT molecular complexity index is 1300. The van der Waals surface area contributed by atoms with Gasteiger partial charge in [0.15, 0.2) is 5.82 Å². The van der Waals surface area contributed by atoms with Gasteiger partial charge in [-0.3, -0.25) is 4.98 Å². The van der Waals surface area contributed by atoms with Gasteiger partial charge in [0.25, 0.3) is 0 Å². The van der Waals surface area contributed by atoms with Crippen LogP contribution in [0.15, 0.2) is 54.9 Å². The molecule has 1 aliphatic carbocycles. The summed E-state index contributed by atoms with van der Waals surface area (Å²) in [5.74, 6) is 0.808. The number of hydrogen-bond donors (Lipinski definition) is 0. The highest BCUT2D eigenvalue weighted by Crippen LogP contribution is 2.62. The minimum atomic E-state index is 0.00234. The van der Waals surface area contributed by atoms with E-state index in [1.165, 1.54) is 11.3 Å². The van der Waals surface area contributed by atoms with Crippen molar-refractivity contribution in [2.45, 2.75) is 58.8 Å². The van der Waals surface area contributed by atoms with Crippen LogP contribution in [-0.4, -0.2) is 15.0 Å². The summed E-state index contributed by atoms with van der Waals surface area (Å²) in [6, 6.07) is 14.8. The second-order valence-corrected chi connectivity index (χ2v) is 9.93. The van der Waals surface area contributed by atoms with Gasteiger partial charge in [-0.25, -0.2) is 9.97 Å². The normalized spacial score (nSPS) is 21.8. The zero-order chi connectivity index (χ0) is 21.3. The lowest BCUT2D eigenvalue weighted by atomic mass is 9.58. The fourth-order valence-electron chi connectivity index (χ4n) is 5.42. The standard InChI is InChI=1S/C27H29N3/c1-7-27(6)23-21(25(2,3)26(27,4)5)16-29-24(30-23)20-12-8-11-19-18(20)14-13-17-10-9-15-28-22(17)19/h8-16H,7H2,1-6H3. The minimum Gasteiger partial charge on any atom is -0.256 e. The van der Waals surface area contributed by atoms with Gasteiger partial charge in [0, 0.05) is 34.1 Å². The van der Waals surface area contributed by atoms with E-state index in [1.807, 2.05) is 12.3 Å². The summed E-state index contributed by atoms with van der Waals surface area (Å²) in [4.78, 5) is 14.8. The Morgan fingerprint density at radius 2 is 1.63 bits per heavy atom. The molecule has 5 rings (SSSR count). The van der Waals surface area contributed by atoms with Crippen LogP contribution >= 0.6 is 0 Å². The third kappa shape index (κ3) is 2.24. The topological polar surface area (TPSA) is 38.7 Å². The summed E-state index contributed by atoms with van der Waals surface area (Å²) in [6.07, 6.45) is 4.99. The number of fused-ring (bicyclic) bond motifs is 4. The maximum Gasteiger partial charge on any atom is 0.160 e.